The van der Waals surface area contributed by atoms with Gasteiger partial charge >= 0.3 is 0 Å². The van der Waals surface area contributed by atoms with E-state index in [9.17, 15) is 18.0 Å². The van der Waals surface area contributed by atoms with Crippen molar-refractivity contribution in [1.29, 1.82) is 0 Å². The molecule has 0 atom stereocenters. The Morgan fingerprint density at radius 3 is 2.11 bits per heavy atom. The third-order valence-corrected chi connectivity index (χ3v) is 5.35. The maximum Gasteiger partial charge on any atom is 0.255 e. The molecule has 2 amide bonds. The second-order valence-corrected chi connectivity index (χ2v) is 8.63. The lowest BCUT2D eigenvalue weighted by molar-refractivity contribution is 0.0711. The molecule has 2 aromatic rings. The summed E-state index contributed by atoms with van der Waals surface area (Å²) in [5.74, 6) is -0.307. The maximum atomic E-state index is 12.6. The summed E-state index contributed by atoms with van der Waals surface area (Å²) in [5, 5.41) is 2.80. The van der Waals surface area contributed by atoms with Crippen LogP contribution in [0.5, 0.6) is 0 Å². The fraction of sp³-hybridized carbons (Fsp3) is 0.300. The van der Waals surface area contributed by atoms with Gasteiger partial charge in [0.1, 0.15) is 0 Å². The van der Waals surface area contributed by atoms with E-state index in [4.69, 9.17) is 0 Å². The summed E-state index contributed by atoms with van der Waals surface area (Å²) < 4.78 is 25.2. The van der Waals surface area contributed by atoms with Crippen molar-refractivity contribution in [3.63, 3.8) is 0 Å². The van der Waals surface area contributed by atoms with Crippen LogP contribution >= 0.6 is 0 Å². The Hall–Kier alpha value is -2.71. The number of sulfonamides is 1. The molecule has 0 aromatic heterocycles. The standard InChI is InChI=1S/C20H23N3O4S/c1-28(26,27)22-18-11-13-23(14-12-18)20(25)16-7-9-17(10-8-16)21-19(24)15-5-3-2-4-6-15/h2-10,18,22H,11-14H2,1H3,(H,21,24). The summed E-state index contributed by atoms with van der Waals surface area (Å²) in [6, 6.07) is 15.5. The third kappa shape index (κ3) is 5.40. The number of hydrogen-bond donors (Lipinski definition) is 2. The van der Waals surface area contributed by atoms with Crippen LogP contribution < -0.4 is 10.0 Å². The van der Waals surface area contributed by atoms with Crippen LogP contribution in [0.25, 0.3) is 0 Å². The van der Waals surface area contributed by atoms with Gasteiger partial charge in [-0.2, -0.15) is 0 Å². The van der Waals surface area contributed by atoms with Crippen molar-refractivity contribution in [2.24, 2.45) is 0 Å². The molecule has 1 heterocycles. The van der Waals surface area contributed by atoms with Crippen LogP contribution in [0.2, 0.25) is 0 Å². The molecule has 0 unspecified atom stereocenters. The van der Waals surface area contributed by atoms with E-state index in [0.29, 0.717) is 42.7 Å². The minimum atomic E-state index is -3.24. The fourth-order valence-corrected chi connectivity index (χ4v) is 4.02. The van der Waals surface area contributed by atoms with Crippen molar-refractivity contribution < 1.29 is 18.0 Å². The summed E-state index contributed by atoms with van der Waals surface area (Å²) >= 11 is 0. The summed E-state index contributed by atoms with van der Waals surface area (Å²) in [5.41, 5.74) is 1.71. The Bertz CT molecular complexity index is 935. The molecular weight excluding hydrogens is 378 g/mol. The fourth-order valence-electron chi connectivity index (χ4n) is 3.17. The number of carbonyl (C=O) groups excluding carboxylic acids is 2. The number of nitrogens with one attached hydrogen (secondary N) is 2. The molecule has 28 heavy (non-hydrogen) atoms. The van der Waals surface area contributed by atoms with Crippen molar-refractivity contribution in [3.8, 4) is 0 Å². The molecule has 0 spiro atoms. The second-order valence-electron chi connectivity index (χ2n) is 6.85. The number of likely N-dealkylation sites (tertiary alicyclic amines) is 1. The lowest BCUT2D eigenvalue weighted by Gasteiger charge is -2.32. The van der Waals surface area contributed by atoms with Gasteiger partial charge in [0.05, 0.1) is 6.26 Å². The number of carbonyl (C=O) groups is 2. The molecule has 1 aliphatic rings. The molecule has 0 aliphatic carbocycles. The smallest absolute Gasteiger partial charge is 0.255 e. The number of rotatable bonds is 5. The molecule has 0 saturated carbocycles. The Kier molecular flexibility index (Phi) is 6.11. The highest BCUT2D eigenvalue weighted by Crippen LogP contribution is 2.17. The predicted octanol–water partition coefficient (Wildman–Crippen LogP) is 2.09. The number of anilines is 1. The van der Waals surface area contributed by atoms with E-state index in [2.05, 4.69) is 10.0 Å². The third-order valence-electron chi connectivity index (χ3n) is 4.59. The minimum Gasteiger partial charge on any atom is -0.339 e. The highest BCUT2D eigenvalue weighted by Gasteiger charge is 2.25. The molecule has 3 rings (SSSR count). The molecule has 8 heteroatoms. The molecule has 1 fully saturated rings. The largest absolute Gasteiger partial charge is 0.339 e. The first-order valence-corrected chi connectivity index (χ1v) is 10.9. The Balaban J connectivity index is 1.56. The van der Waals surface area contributed by atoms with E-state index in [1.807, 2.05) is 6.07 Å². The number of piperidine rings is 1. The van der Waals surface area contributed by atoms with Gasteiger partial charge in [-0.25, -0.2) is 13.1 Å². The first kappa shape index (κ1) is 20.0. The van der Waals surface area contributed by atoms with Crippen LogP contribution in [0.15, 0.2) is 54.6 Å². The van der Waals surface area contributed by atoms with E-state index < -0.39 is 10.0 Å². The van der Waals surface area contributed by atoms with Crippen molar-refractivity contribution in [3.05, 3.63) is 65.7 Å². The molecule has 0 radical (unpaired) electrons. The van der Waals surface area contributed by atoms with Gasteiger partial charge in [0, 0.05) is 35.9 Å². The summed E-state index contributed by atoms with van der Waals surface area (Å²) in [4.78, 5) is 26.5. The van der Waals surface area contributed by atoms with Gasteiger partial charge in [-0.05, 0) is 49.2 Å². The van der Waals surface area contributed by atoms with Crippen LogP contribution in [0, 0.1) is 0 Å². The quantitative estimate of drug-likeness (QED) is 0.802. The normalized spacial score (nSPS) is 15.2. The molecule has 148 valence electrons. The SMILES string of the molecule is CS(=O)(=O)NC1CCN(C(=O)c2ccc(NC(=O)c3ccccc3)cc2)CC1. The molecule has 2 aromatic carbocycles. The molecular formula is C20H23N3O4S. The summed E-state index contributed by atoms with van der Waals surface area (Å²) in [6.07, 6.45) is 2.32. The van der Waals surface area contributed by atoms with Gasteiger partial charge < -0.3 is 10.2 Å². The van der Waals surface area contributed by atoms with E-state index in [0.717, 1.165) is 6.26 Å². The van der Waals surface area contributed by atoms with Crippen LogP contribution in [-0.2, 0) is 10.0 Å². The Labute approximate surface area is 164 Å². The molecule has 2 N–H and O–H groups in total. The molecule has 0 bridgehead atoms. The van der Waals surface area contributed by atoms with Crippen LogP contribution in [0.3, 0.4) is 0 Å². The Morgan fingerprint density at radius 1 is 0.929 bits per heavy atom. The molecule has 7 nitrogen and oxygen atoms in total. The predicted molar refractivity (Wildman–Crippen MR) is 108 cm³/mol. The topological polar surface area (TPSA) is 95.6 Å². The van der Waals surface area contributed by atoms with Crippen LogP contribution in [0.4, 0.5) is 5.69 Å². The van der Waals surface area contributed by atoms with Crippen LogP contribution in [-0.4, -0.2) is 50.5 Å². The van der Waals surface area contributed by atoms with Crippen molar-refractivity contribution in [2.45, 2.75) is 18.9 Å². The summed E-state index contributed by atoms with van der Waals surface area (Å²) in [7, 11) is -3.24. The van der Waals surface area contributed by atoms with Gasteiger partial charge in [0.25, 0.3) is 11.8 Å². The van der Waals surface area contributed by atoms with Gasteiger partial charge in [0.2, 0.25) is 10.0 Å². The van der Waals surface area contributed by atoms with Crippen LogP contribution in [0.1, 0.15) is 33.6 Å². The maximum absolute atomic E-state index is 12.6. The van der Waals surface area contributed by atoms with Gasteiger partial charge in [0.15, 0.2) is 0 Å². The lowest BCUT2D eigenvalue weighted by Crippen LogP contribution is -2.46. The van der Waals surface area contributed by atoms with E-state index in [1.165, 1.54) is 0 Å². The van der Waals surface area contributed by atoms with E-state index in [-0.39, 0.29) is 17.9 Å². The van der Waals surface area contributed by atoms with Crippen molar-refractivity contribution in [1.82, 2.24) is 9.62 Å². The molecule has 1 aliphatic heterocycles. The highest BCUT2D eigenvalue weighted by atomic mass is 32.2. The van der Waals surface area contributed by atoms with E-state index >= 15 is 0 Å². The number of benzene rings is 2. The average molecular weight is 401 g/mol. The lowest BCUT2D eigenvalue weighted by atomic mass is 10.0. The number of nitrogens with zero attached hydrogens (tertiary/aromatic N) is 1. The average Bonchev–Trinajstić information content (AvgIpc) is 2.68. The van der Waals surface area contributed by atoms with Gasteiger partial charge in [-0.3, -0.25) is 9.59 Å². The first-order chi connectivity index (χ1) is 13.3. The van der Waals surface area contributed by atoms with Crippen molar-refractivity contribution >= 4 is 27.5 Å². The monoisotopic (exact) mass is 401 g/mol. The van der Waals surface area contributed by atoms with Crippen molar-refractivity contribution in [2.75, 3.05) is 24.7 Å². The minimum absolute atomic E-state index is 0.0984. The highest BCUT2D eigenvalue weighted by molar-refractivity contribution is 7.88. The number of amides is 2. The number of hydrogen-bond acceptors (Lipinski definition) is 4. The molecule has 1 saturated heterocycles. The summed E-state index contributed by atoms with van der Waals surface area (Å²) in [6.45, 7) is 0.997. The zero-order valence-corrected chi connectivity index (χ0v) is 16.4. The first-order valence-electron chi connectivity index (χ1n) is 9.05. The van der Waals surface area contributed by atoms with Gasteiger partial charge in [-0.15, -0.1) is 0 Å². The zero-order chi connectivity index (χ0) is 20.1. The second kappa shape index (κ2) is 8.53. The zero-order valence-electron chi connectivity index (χ0n) is 15.6. The van der Waals surface area contributed by atoms with E-state index in [1.54, 1.807) is 53.4 Å². The Morgan fingerprint density at radius 2 is 1.54 bits per heavy atom. The van der Waals surface area contributed by atoms with Gasteiger partial charge in [-0.1, -0.05) is 18.2 Å².